The zero-order valence-electron chi connectivity index (χ0n) is 12.6. The van der Waals surface area contributed by atoms with E-state index >= 15 is 0 Å². The standard InChI is InChI=1S/C15H16N6O/c1-9-4-10(2)21(20-9)15-18-13(6-14(16)19-15)11-5-12(22-3)8-17-7-11/h4-8H,1-3H3,(H2,16,18,19). The summed E-state index contributed by atoms with van der Waals surface area (Å²) in [5, 5.41) is 4.39. The number of aryl methyl sites for hydroxylation is 2. The lowest BCUT2D eigenvalue weighted by atomic mass is 10.2. The van der Waals surface area contributed by atoms with Gasteiger partial charge in [-0.25, -0.2) is 9.67 Å². The van der Waals surface area contributed by atoms with Crippen LogP contribution in [0.2, 0.25) is 0 Å². The Balaban J connectivity index is 2.12. The Hall–Kier alpha value is -2.96. The number of methoxy groups -OCH3 is 1. The van der Waals surface area contributed by atoms with Gasteiger partial charge in [-0.3, -0.25) is 4.98 Å². The first-order valence-electron chi connectivity index (χ1n) is 6.74. The van der Waals surface area contributed by atoms with Crippen molar-refractivity contribution in [2.24, 2.45) is 0 Å². The van der Waals surface area contributed by atoms with Crippen molar-refractivity contribution in [2.45, 2.75) is 13.8 Å². The summed E-state index contributed by atoms with van der Waals surface area (Å²) in [6, 6.07) is 5.50. The van der Waals surface area contributed by atoms with Crippen LogP contribution in [0.15, 0.2) is 30.6 Å². The molecule has 3 aromatic heterocycles. The number of rotatable bonds is 3. The number of nitrogen functional groups attached to an aromatic ring is 1. The summed E-state index contributed by atoms with van der Waals surface area (Å²) in [5.41, 5.74) is 9.23. The third-order valence-electron chi connectivity index (χ3n) is 3.18. The number of hydrogen-bond donors (Lipinski definition) is 1. The zero-order chi connectivity index (χ0) is 15.7. The molecule has 3 aromatic rings. The van der Waals surface area contributed by atoms with E-state index in [1.807, 2.05) is 26.0 Å². The van der Waals surface area contributed by atoms with E-state index in [1.165, 1.54) is 0 Å². The number of nitrogens with zero attached hydrogens (tertiary/aromatic N) is 5. The fourth-order valence-corrected chi connectivity index (χ4v) is 2.20. The smallest absolute Gasteiger partial charge is 0.253 e. The van der Waals surface area contributed by atoms with Gasteiger partial charge in [0.15, 0.2) is 0 Å². The van der Waals surface area contributed by atoms with Gasteiger partial charge in [0.2, 0.25) is 0 Å². The molecular formula is C15H16N6O. The highest BCUT2D eigenvalue weighted by atomic mass is 16.5. The number of ether oxygens (including phenoxy) is 1. The van der Waals surface area contributed by atoms with Gasteiger partial charge in [-0.2, -0.15) is 10.1 Å². The fraction of sp³-hybridized carbons (Fsp3) is 0.200. The number of nitrogens with two attached hydrogens (primary N) is 1. The van der Waals surface area contributed by atoms with Crippen LogP contribution in [-0.4, -0.2) is 31.8 Å². The maximum Gasteiger partial charge on any atom is 0.253 e. The van der Waals surface area contributed by atoms with Gasteiger partial charge in [0.1, 0.15) is 11.6 Å². The number of hydrogen-bond acceptors (Lipinski definition) is 6. The normalized spacial score (nSPS) is 10.7. The molecule has 22 heavy (non-hydrogen) atoms. The summed E-state index contributed by atoms with van der Waals surface area (Å²) in [4.78, 5) is 12.9. The molecule has 0 aromatic carbocycles. The molecule has 112 valence electrons. The lowest BCUT2D eigenvalue weighted by Gasteiger charge is -2.08. The fourth-order valence-electron chi connectivity index (χ4n) is 2.20. The molecule has 0 atom stereocenters. The van der Waals surface area contributed by atoms with E-state index in [0.29, 0.717) is 23.2 Å². The second kappa shape index (κ2) is 5.44. The molecule has 0 saturated heterocycles. The number of anilines is 1. The van der Waals surface area contributed by atoms with Crippen LogP contribution in [0.25, 0.3) is 17.2 Å². The molecule has 3 rings (SSSR count). The Morgan fingerprint density at radius 3 is 2.59 bits per heavy atom. The third-order valence-corrected chi connectivity index (χ3v) is 3.18. The van der Waals surface area contributed by atoms with Crippen molar-refractivity contribution in [2.75, 3.05) is 12.8 Å². The highest BCUT2D eigenvalue weighted by molar-refractivity contribution is 5.63. The van der Waals surface area contributed by atoms with Crippen molar-refractivity contribution in [1.29, 1.82) is 0 Å². The van der Waals surface area contributed by atoms with Crippen molar-refractivity contribution in [1.82, 2.24) is 24.7 Å². The molecule has 0 spiro atoms. The summed E-state index contributed by atoms with van der Waals surface area (Å²) in [7, 11) is 1.59. The van der Waals surface area contributed by atoms with E-state index in [1.54, 1.807) is 30.3 Å². The van der Waals surface area contributed by atoms with E-state index in [2.05, 4.69) is 20.1 Å². The van der Waals surface area contributed by atoms with Gasteiger partial charge in [-0.05, 0) is 26.0 Å². The van der Waals surface area contributed by atoms with Crippen LogP contribution in [0, 0.1) is 13.8 Å². The van der Waals surface area contributed by atoms with Crippen molar-refractivity contribution >= 4 is 5.82 Å². The van der Waals surface area contributed by atoms with Crippen molar-refractivity contribution in [3.05, 3.63) is 42.0 Å². The van der Waals surface area contributed by atoms with Gasteiger partial charge >= 0.3 is 0 Å². The van der Waals surface area contributed by atoms with E-state index in [9.17, 15) is 0 Å². The second-order valence-corrected chi connectivity index (χ2v) is 4.93. The maximum absolute atomic E-state index is 5.92. The SMILES string of the molecule is COc1cncc(-c2cc(N)nc(-n3nc(C)cc3C)n2)c1. The van der Waals surface area contributed by atoms with E-state index in [4.69, 9.17) is 10.5 Å². The second-order valence-electron chi connectivity index (χ2n) is 4.93. The Kier molecular flexibility index (Phi) is 3.46. The molecular weight excluding hydrogens is 280 g/mol. The minimum atomic E-state index is 0.371. The first kappa shape index (κ1) is 14.0. The summed E-state index contributed by atoms with van der Waals surface area (Å²) in [6.07, 6.45) is 3.34. The van der Waals surface area contributed by atoms with E-state index < -0.39 is 0 Å². The lowest BCUT2D eigenvalue weighted by molar-refractivity contribution is 0.413. The third kappa shape index (κ3) is 2.60. The average Bonchev–Trinajstić information content (AvgIpc) is 2.85. The molecule has 7 heteroatoms. The van der Waals surface area contributed by atoms with Crippen molar-refractivity contribution in [3.63, 3.8) is 0 Å². The Morgan fingerprint density at radius 1 is 1.09 bits per heavy atom. The molecule has 0 aliphatic heterocycles. The molecule has 7 nitrogen and oxygen atoms in total. The molecule has 0 aliphatic rings. The number of aromatic nitrogens is 5. The monoisotopic (exact) mass is 296 g/mol. The van der Waals surface area contributed by atoms with Crippen LogP contribution in [-0.2, 0) is 0 Å². The molecule has 0 aliphatic carbocycles. The van der Waals surface area contributed by atoms with Gasteiger partial charge in [-0.15, -0.1) is 0 Å². The molecule has 0 unspecified atom stereocenters. The topological polar surface area (TPSA) is 91.7 Å². The minimum Gasteiger partial charge on any atom is -0.495 e. The minimum absolute atomic E-state index is 0.371. The van der Waals surface area contributed by atoms with Gasteiger partial charge in [0.25, 0.3) is 5.95 Å². The molecule has 0 fully saturated rings. The van der Waals surface area contributed by atoms with Gasteiger partial charge < -0.3 is 10.5 Å². The highest BCUT2D eigenvalue weighted by Gasteiger charge is 2.11. The molecule has 0 bridgehead atoms. The summed E-state index contributed by atoms with van der Waals surface area (Å²) < 4.78 is 6.86. The predicted molar refractivity (Wildman–Crippen MR) is 82.8 cm³/mol. The van der Waals surface area contributed by atoms with Crippen LogP contribution in [0.1, 0.15) is 11.4 Å². The number of pyridine rings is 1. The lowest BCUT2D eigenvalue weighted by Crippen LogP contribution is -2.08. The average molecular weight is 296 g/mol. The first-order valence-corrected chi connectivity index (χ1v) is 6.74. The Morgan fingerprint density at radius 2 is 1.91 bits per heavy atom. The maximum atomic E-state index is 5.92. The molecule has 0 radical (unpaired) electrons. The van der Waals surface area contributed by atoms with Gasteiger partial charge in [0, 0.05) is 23.5 Å². The quantitative estimate of drug-likeness (QED) is 0.794. The molecule has 0 amide bonds. The van der Waals surface area contributed by atoms with E-state index in [0.717, 1.165) is 17.0 Å². The van der Waals surface area contributed by atoms with Gasteiger partial charge in [0.05, 0.1) is 24.7 Å². The van der Waals surface area contributed by atoms with Crippen LogP contribution in [0.4, 0.5) is 5.82 Å². The molecule has 0 saturated carbocycles. The summed E-state index contributed by atoms with van der Waals surface area (Å²) in [6.45, 7) is 3.86. The summed E-state index contributed by atoms with van der Waals surface area (Å²) >= 11 is 0. The Labute approximate surface area is 127 Å². The zero-order valence-corrected chi connectivity index (χ0v) is 12.6. The van der Waals surface area contributed by atoms with Crippen LogP contribution < -0.4 is 10.5 Å². The first-order chi connectivity index (χ1) is 10.6. The molecule has 2 N–H and O–H groups in total. The summed E-state index contributed by atoms with van der Waals surface area (Å²) in [5.74, 6) is 1.46. The Bertz CT molecular complexity index is 827. The van der Waals surface area contributed by atoms with Gasteiger partial charge in [-0.1, -0.05) is 0 Å². The largest absolute Gasteiger partial charge is 0.495 e. The predicted octanol–water partition coefficient (Wildman–Crippen LogP) is 1.93. The highest BCUT2D eigenvalue weighted by Crippen LogP contribution is 2.23. The van der Waals surface area contributed by atoms with Crippen molar-refractivity contribution < 1.29 is 4.74 Å². The van der Waals surface area contributed by atoms with Crippen molar-refractivity contribution in [3.8, 4) is 23.0 Å². The molecule has 3 heterocycles. The van der Waals surface area contributed by atoms with E-state index in [-0.39, 0.29) is 0 Å². The van der Waals surface area contributed by atoms with Crippen LogP contribution >= 0.6 is 0 Å². The van der Waals surface area contributed by atoms with Crippen LogP contribution in [0.5, 0.6) is 5.75 Å². The van der Waals surface area contributed by atoms with Crippen LogP contribution in [0.3, 0.4) is 0 Å².